The SMILES string of the molecule is C[C](C)=[Zr+2]([C]1=CC=CC1)[CH]1c2cc(C(C)C)ccc2-c2ccc(C(C)C)cc21.[Cl-].[Cl-]. The van der Waals surface area contributed by atoms with Crippen LogP contribution in [0.1, 0.15) is 85.7 Å². The molecular formula is C27H32Cl2Zr. The molecule has 0 radical (unpaired) electrons. The fourth-order valence-corrected chi connectivity index (χ4v) is 12.9. The molecule has 0 fully saturated rings. The molecule has 0 spiro atoms. The van der Waals surface area contributed by atoms with Crippen LogP contribution in [0.4, 0.5) is 0 Å². The van der Waals surface area contributed by atoms with Crippen LogP contribution in [-0.4, -0.2) is 3.21 Å². The van der Waals surface area contributed by atoms with Gasteiger partial charge in [0.15, 0.2) is 0 Å². The summed E-state index contributed by atoms with van der Waals surface area (Å²) in [5, 5.41) is 0. The summed E-state index contributed by atoms with van der Waals surface area (Å²) < 4.78 is 4.10. The van der Waals surface area contributed by atoms with E-state index in [1.165, 1.54) is 28.7 Å². The maximum Gasteiger partial charge on any atom is -1.00 e. The van der Waals surface area contributed by atoms with Gasteiger partial charge in [0.05, 0.1) is 0 Å². The van der Waals surface area contributed by atoms with Crippen molar-refractivity contribution in [3.63, 3.8) is 0 Å². The molecule has 0 N–H and O–H groups in total. The maximum atomic E-state index is 2.55. The molecular weight excluding hydrogens is 486 g/mol. The van der Waals surface area contributed by atoms with Crippen molar-refractivity contribution in [3.05, 3.63) is 80.2 Å². The Balaban J connectivity index is 0.00000160. The van der Waals surface area contributed by atoms with Gasteiger partial charge in [-0.1, -0.05) is 0 Å². The van der Waals surface area contributed by atoms with Crippen LogP contribution in [0.15, 0.2) is 57.9 Å². The van der Waals surface area contributed by atoms with Gasteiger partial charge >= 0.3 is 179 Å². The second-order valence-corrected chi connectivity index (χ2v) is 16.7. The quantitative estimate of drug-likeness (QED) is 0.578. The predicted molar refractivity (Wildman–Crippen MR) is 120 cm³/mol. The minimum Gasteiger partial charge on any atom is -1.00 e. The largest absolute Gasteiger partial charge is 1.00 e. The molecule has 2 aliphatic carbocycles. The molecule has 0 atom stereocenters. The molecule has 2 aromatic rings. The van der Waals surface area contributed by atoms with Crippen molar-refractivity contribution in [3.8, 4) is 11.1 Å². The minimum atomic E-state index is -2.00. The fourth-order valence-electron chi connectivity index (χ4n) is 4.77. The molecule has 0 aliphatic heterocycles. The second kappa shape index (κ2) is 10.2. The summed E-state index contributed by atoms with van der Waals surface area (Å²) in [7, 11) is 0. The Labute approximate surface area is 202 Å². The summed E-state index contributed by atoms with van der Waals surface area (Å²) in [5.74, 6) is 1.15. The monoisotopic (exact) mass is 516 g/mol. The van der Waals surface area contributed by atoms with Gasteiger partial charge in [-0.3, -0.25) is 0 Å². The average Bonchev–Trinajstić information content (AvgIpc) is 3.28. The van der Waals surface area contributed by atoms with Gasteiger partial charge in [0, 0.05) is 0 Å². The van der Waals surface area contributed by atoms with Crippen LogP contribution in [0.25, 0.3) is 11.1 Å². The average molecular weight is 519 g/mol. The third-order valence-corrected chi connectivity index (χ3v) is 14.5. The summed E-state index contributed by atoms with van der Waals surface area (Å²) in [6.45, 7) is 14.1. The summed E-state index contributed by atoms with van der Waals surface area (Å²) >= 11 is -2.00. The number of hydrogen-bond donors (Lipinski definition) is 0. The standard InChI is InChI=1S/C19H21.C5H5.C3H6.2ClH.Zr/c1-12(2)14-5-7-18-16(9-14)11-17-10-15(13(3)4)6-8-19(17)18;1-2-4-5-3-1;1-3-2;;;/h5-13H,1-4H3;1-3H,4H2;1-2H3;2*1H;/q;;;;;+2/p-2. The van der Waals surface area contributed by atoms with Gasteiger partial charge in [-0.15, -0.1) is 0 Å². The van der Waals surface area contributed by atoms with Crippen LogP contribution < -0.4 is 24.8 Å². The van der Waals surface area contributed by atoms with Gasteiger partial charge < -0.3 is 24.8 Å². The number of halogens is 2. The van der Waals surface area contributed by atoms with E-state index in [9.17, 15) is 0 Å². The summed E-state index contributed by atoms with van der Waals surface area (Å²) in [6, 6.07) is 14.6. The van der Waals surface area contributed by atoms with Crippen LogP contribution in [0.2, 0.25) is 0 Å². The molecule has 0 nitrogen and oxygen atoms in total. The van der Waals surface area contributed by atoms with Crippen molar-refractivity contribution >= 4 is 3.21 Å². The molecule has 158 valence electrons. The molecule has 3 heteroatoms. The fraction of sp³-hybridized carbons (Fsp3) is 0.370. The van der Waals surface area contributed by atoms with Crippen LogP contribution >= 0.6 is 0 Å². The minimum absolute atomic E-state index is 0. The van der Waals surface area contributed by atoms with Gasteiger partial charge in [-0.2, -0.15) is 0 Å². The number of benzene rings is 2. The normalized spacial score (nSPS) is 13.9. The molecule has 0 unspecified atom stereocenters. The molecule has 0 heterocycles. The van der Waals surface area contributed by atoms with Crippen molar-refractivity contribution in [2.75, 3.05) is 0 Å². The van der Waals surface area contributed by atoms with Crippen LogP contribution in [0, 0.1) is 0 Å². The van der Waals surface area contributed by atoms with E-state index >= 15 is 0 Å². The van der Waals surface area contributed by atoms with E-state index in [2.05, 4.69) is 96.2 Å². The second-order valence-electron chi connectivity index (χ2n) is 9.17. The van der Waals surface area contributed by atoms with E-state index in [0.29, 0.717) is 15.5 Å². The van der Waals surface area contributed by atoms with Gasteiger partial charge in [-0.25, -0.2) is 0 Å². The number of rotatable bonds is 4. The van der Waals surface area contributed by atoms with Crippen LogP contribution in [0.5, 0.6) is 0 Å². The smallest absolute Gasteiger partial charge is 1.00 e. The van der Waals surface area contributed by atoms with Crippen molar-refractivity contribution in [1.82, 2.24) is 0 Å². The summed E-state index contributed by atoms with van der Waals surface area (Å²) in [5.41, 5.74) is 9.18. The molecule has 0 aromatic heterocycles. The molecule has 0 amide bonds. The zero-order chi connectivity index (χ0) is 20.0. The first-order valence-electron chi connectivity index (χ1n) is 10.7. The molecule has 2 aliphatic rings. The van der Waals surface area contributed by atoms with Crippen LogP contribution in [-0.2, 0) is 21.3 Å². The third-order valence-electron chi connectivity index (χ3n) is 6.34. The summed E-state index contributed by atoms with van der Waals surface area (Å²) in [6.07, 6.45) is 8.25. The maximum absolute atomic E-state index is 2.55. The van der Waals surface area contributed by atoms with Gasteiger partial charge in [0.1, 0.15) is 0 Å². The number of fused-ring (bicyclic) bond motifs is 3. The van der Waals surface area contributed by atoms with Gasteiger partial charge in [0.2, 0.25) is 0 Å². The van der Waals surface area contributed by atoms with Gasteiger partial charge in [-0.05, 0) is 0 Å². The molecule has 2 aromatic carbocycles. The Hall–Kier alpha value is -0.747. The third kappa shape index (κ3) is 4.55. The van der Waals surface area contributed by atoms with E-state index in [1.54, 1.807) is 17.6 Å². The number of hydrogen-bond acceptors (Lipinski definition) is 0. The Morgan fingerprint density at radius 1 is 0.833 bits per heavy atom. The summed E-state index contributed by atoms with van der Waals surface area (Å²) in [4.78, 5) is 0. The molecule has 4 rings (SSSR count). The Morgan fingerprint density at radius 2 is 1.33 bits per heavy atom. The van der Waals surface area contributed by atoms with Gasteiger partial charge in [0.25, 0.3) is 0 Å². The molecule has 0 saturated carbocycles. The topological polar surface area (TPSA) is 0 Å². The Bertz CT molecular complexity index is 964. The molecule has 30 heavy (non-hydrogen) atoms. The van der Waals surface area contributed by atoms with Crippen molar-refractivity contribution in [2.45, 2.75) is 63.4 Å². The Morgan fingerprint density at radius 3 is 1.70 bits per heavy atom. The van der Waals surface area contributed by atoms with Crippen molar-refractivity contribution < 1.29 is 46.1 Å². The first-order chi connectivity index (χ1) is 13.4. The molecule has 0 saturated heterocycles. The Kier molecular flexibility index (Phi) is 8.71. The predicted octanol–water partition coefficient (Wildman–Crippen LogP) is 1.69. The van der Waals surface area contributed by atoms with Crippen molar-refractivity contribution in [2.24, 2.45) is 0 Å². The zero-order valence-corrected chi connectivity index (χ0v) is 22.9. The van der Waals surface area contributed by atoms with Crippen LogP contribution in [0.3, 0.4) is 0 Å². The zero-order valence-electron chi connectivity index (χ0n) is 18.9. The first-order valence-corrected chi connectivity index (χ1v) is 14.6. The van der Waals surface area contributed by atoms with E-state index in [1.807, 2.05) is 0 Å². The number of allylic oxidation sites excluding steroid dienone is 4. The molecule has 0 bridgehead atoms. The van der Waals surface area contributed by atoms with E-state index < -0.39 is 21.3 Å². The van der Waals surface area contributed by atoms with E-state index in [4.69, 9.17) is 0 Å². The first kappa shape index (κ1) is 25.5. The van der Waals surface area contributed by atoms with Crippen molar-refractivity contribution in [1.29, 1.82) is 0 Å². The van der Waals surface area contributed by atoms with E-state index in [-0.39, 0.29) is 24.8 Å². The van der Waals surface area contributed by atoms with E-state index in [0.717, 1.165) is 0 Å².